The molecule has 3 N–H and O–H groups in total. The molecular weight excluding hydrogens is 164 g/mol. The van der Waals surface area contributed by atoms with Crippen molar-refractivity contribution in [2.24, 2.45) is 5.92 Å². The van der Waals surface area contributed by atoms with E-state index in [1.807, 2.05) is 13.0 Å². The van der Waals surface area contributed by atoms with E-state index in [2.05, 4.69) is 29.1 Å². The molecular formula is C9H16N4. The van der Waals surface area contributed by atoms with Gasteiger partial charge in [-0.1, -0.05) is 13.8 Å². The molecule has 4 nitrogen and oxygen atoms in total. The zero-order chi connectivity index (χ0) is 9.84. The van der Waals surface area contributed by atoms with E-state index >= 15 is 0 Å². The Hall–Kier alpha value is -1.32. The lowest BCUT2D eigenvalue weighted by molar-refractivity contribution is 0.687. The monoisotopic (exact) mass is 180 g/mol. The van der Waals surface area contributed by atoms with Crippen molar-refractivity contribution in [1.29, 1.82) is 0 Å². The van der Waals surface area contributed by atoms with E-state index in [1.54, 1.807) is 0 Å². The summed E-state index contributed by atoms with van der Waals surface area (Å²) in [7, 11) is 0. The number of nitrogens with zero attached hydrogens (tertiary/aromatic N) is 2. The zero-order valence-corrected chi connectivity index (χ0v) is 8.33. The van der Waals surface area contributed by atoms with E-state index in [-0.39, 0.29) is 0 Å². The minimum absolute atomic E-state index is 0.325. The predicted molar refractivity (Wildman–Crippen MR) is 54.5 cm³/mol. The molecule has 0 radical (unpaired) electrons. The Morgan fingerprint density at radius 3 is 2.69 bits per heavy atom. The molecule has 1 aromatic rings. The molecule has 0 saturated carbocycles. The second-order valence-corrected chi connectivity index (χ2v) is 3.53. The number of rotatable bonds is 3. The van der Waals surface area contributed by atoms with Crippen LogP contribution in [-0.4, -0.2) is 16.5 Å². The fourth-order valence-electron chi connectivity index (χ4n) is 0.991. The molecule has 0 aromatic carbocycles. The third kappa shape index (κ3) is 3.27. The summed E-state index contributed by atoms with van der Waals surface area (Å²) in [5.41, 5.74) is 6.39. The standard InChI is InChI=1S/C9H16N4/c1-6(2)5-11-8-4-7(3)12-9(10)13-8/h4,6H,5H2,1-3H3,(H3,10,11,12,13). The predicted octanol–water partition coefficient (Wildman–Crippen LogP) is 1.44. The first-order valence-corrected chi connectivity index (χ1v) is 4.43. The number of aromatic nitrogens is 2. The van der Waals surface area contributed by atoms with Gasteiger partial charge in [-0.25, -0.2) is 4.98 Å². The van der Waals surface area contributed by atoms with Gasteiger partial charge in [-0.3, -0.25) is 0 Å². The Bertz CT molecular complexity index is 263. The fraction of sp³-hybridized carbons (Fsp3) is 0.556. The van der Waals surface area contributed by atoms with Gasteiger partial charge in [-0.15, -0.1) is 0 Å². The van der Waals surface area contributed by atoms with Crippen LogP contribution in [0.3, 0.4) is 0 Å². The lowest BCUT2D eigenvalue weighted by Crippen LogP contribution is -2.10. The first-order valence-electron chi connectivity index (χ1n) is 4.43. The number of nitrogens with two attached hydrogens (primary N) is 1. The van der Waals surface area contributed by atoms with Crippen molar-refractivity contribution in [3.05, 3.63) is 11.8 Å². The fourth-order valence-corrected chi connectivity index (χ4v) is 0.991. The first kappa shape index (κ1) is 9.77. The zero-order valence-electron chi connectivity index (χ0n) is 8.33. The number of hydrogen-bond acceptors (Lipinski definition) is 4. The largest absolute Gasteiger partial charge is 0.370 e. The van der Waals surface area contributed by atoms with Crippen LogP contribution in [0.1, 0.15) is 19.5 Å². The molecule has 0 aliphatic heterocycles. The third-order valence-corrected chi connectivity index (χ3v) is 1.56. The van der Waals surface area contributed by atoms with Gasteiger partial charge in [0.1, 0.15) is 5.82 Å². The normalized spacial score (nSPS) is 10.5. The number of anilines is 2. The highest BCUT2D eigenvalue weighted by atomic mass is 15.1. The summed E-state index contributed by atoms with van der Waals surface area (Å²) in [5.74, 6) is 1.72. The highest BCUT2D eigenvalue weighted by Gasteiger charge is 1.99. The van der Waals surface area contributed by atoms with E-state index < -0.39 is 0 Å². The van der Waals surface area contributed by atoms with Crippen molar-refractivity contribution in [2.75, 3.05) is 17.6 Å². The van der Waals surface area contributed by atoms with Crippen LogP contribution in [0.4, 0.5) is 11.8 Å². The van der Waals surface area contributed by atoms with Crippen molar-refractivity contribution < 1.29 is 0 Å². The topological polar surface area (TPSA) is 63.8 Å². The Balaban J connectivity index is 2.66. The Morgan fingerprint density at radius 1 is 1.46 bits per heavy atom. The van der Waals surface area contributed by atoms with E-state index in [9.17, 15) is 0 Å². The van der Waals surface area contributed by atoms with E-state index in [1.165, 1.54) is 0 Å². The lowest BCUT2D eigenvalue weighted by Gasteiger charge is -2.08. The molecule has 0 fully saturated rings. The van der Waals surface area contributed by atoms with Crippen molar-refractivity contribution in [3.8, 4) is 0 Å². The van der Waals surface area contributed by atoms with Crippen molar-refractivity contribution in [1.82, 2.24) is 9.97 Å². The summed E-state index contributed by atoms with van der Waals surface area (Å²) in [6.45, 7) is 7.09. The Kier molecular flexibility index (Phi) is 3.06. The number of nitrogens with one attached hydrogen (secondary N) is 1. The average molecular weight is 180 g/mol. The van der Waals surface area contributed by atoms with Gasteiger partial charge in [0.05, 0.1) is 0 Å². The summed E-state index contributed by atoms with van der Waals surface area (Å²) in [4.78, 5) is 8.05. The molecule has 0 bridgehead atoms. The summed E-state index contributed by atoms with van der Waals surface area (Å²) < 4.78 is 0. The van der Waals surface area contributed by atoms with Gasteiger partial charge in [0.25, 0.3) is 0 Å². The molecule has 1 heterocycles. The molecule has 0 aliphatic carbocycles. The minimum atomic E-state index is 0.325. The van der Waals surface area contributed by atoms with Gasteiger partial charge in [-0.2, -0.15) is 4.98 Å². The quantitative estimate of drug-likeness (QED) is 0.738. The van der Waals surface area contributed by atoms with Gasteiger partial charge >= 0.3 is 0 Å². The smallest absolute Gasteiger partial charge is 0.222 e. The summed E-state index contributed by atoms with van der Waals surface area (Å²) >= 11 is 0. The van der Waals surface area contributed by atoms with Crippen LogP contribution in [0.2, 0.25) is 0 Å². The van der Waals surface area contributed by atoms with Crippen LogP contribution < -0.4 is 11.1 Å². The van der Waals surface area contributed by atoms with Crippen LogP contribution in [0.15, 0.2) is 6.07 Å². The number of hydrogen-bond donors (Lipinski definition) is 2. The molecule has 0 unspecified atom stereocenters. The number of nitrogen functional groups attached to an aromatic ring is 1. The Labute approximate surface area is 78.6 Å². The second kappa shape index (κ2) is 4.07. The van der Waals surface area contributed by atoms with Crippen molar-refractivity contribution in [2.45, 2.75) is 20.8 Å². The summed E-state index contributed by atoms with van der Waals surface area (Å²) in [6, 6.07) is 1.89. The highest BCUT2D eigenvalue weighted by molar-refractivity contribution is 5.40. The molecule has 72 valence electrons. The van der Waals surface area contributed by atoms with Crippen LogP contribution in [0.25, 0.3) is 0 Å². The Morgan fingerprint density at radius 2 is 2.15 bits per heavy atom. The van der Waals surface area contributed by atoms with Crippen LogP contribution >= 0.6 is 0 Å². The SMILES string of the molecule is Cc1cc(NCC(C)C)nc(N)n1. The molecule has 4 heteroatoms. The second-order valence-electron chi connectivity index (χ2n) is 3.53. The van der Waals surface area contributed by atoms with Gasteiger partial charge in [0.15, 0.2) is 0 Å². The maximum absolute atomic E-state index is 5.50. The van der Waals surface area contributed by atoms with Gasteiger partial charge in [0.2, 0.25) is 5.95 Å². The lowest BCUT2D eigenvalue weighted by atomic mass is 10.2. The molecule has 0 saturated heterocycles. The third-order valence-electron chi connectivity index (χ3n) is 1.56. The van der Waals surface area contributed by atoms with Gasteiger partial charge < -0.3 is 11.1 Å². The van der Waals surface area contributed by atoms with Gasteiger partial charge in [0, 0.05) is 18.3 Å². The molecule has 0 atom stereocenters. The van der Waals surface area contributed by atoms with E-state index in [0.29, 0.717) is 11.9 Å². The first-order chi connectivity index (χ1) is 6.08. The highest BCUT2D eigenvalue weighted by Crippen LogP contribution is 2.07. The summed E-state index contributed by atoms with van der Waals surface area (Å²) in [5, 5.41) is 3.19. The van der Waals surface area contributed by atoms with Gasteiger partial charge in [-0.05, 0) is 12.8 Å². The van der Waals surface area contributed by atoms with Crippen molar-refractivity contribution >= 4 is 11.8 Å². The maximum Gasteiger partial charge on any atom is 0.222 e. The molecule has 1 rings (SSSR count). The number of aryl methyl sites for hydroxylation is 1. The minimum Gasteiger partial charge on any atom is -0.370 e. The van der Waals surface area contributed by atoms with E-state index in [4.69, 9.17) is 5.73 Å². The average Bonchev–Trinajstić information content (AvgIpc) is 1.99. The molecule has 0 amide bonds. The molecule has 1 aromatic heterocycles. The molecule has 0 aliphatic rings. The van der Waals surface area contributed by atoms with Crippen LogP contribution in [0.5, 0.6) is 0 Å². The van der Waals surface area contributed by atoms with Crippen LogP contribution in [-0.2, 0) is 0 Å². The molecule has 13 heavy (non-hydrogen) atoms. The van der Waals surface area contributed by atoms with E-state index in [0.717, 1.165) is 18.1 Å². The summed E-state index contributed by atoms with van der Waals surface area (Å²) in [6.07, 6.45) is 0. The molecule has 0 spiro atoms. The maximum atomic E-state index is 5.50. The van der Waals surface area contributed by atoms with Crippen molar-refractivity contribution in [3.63, 3.8) is 0 Å². The van der Waals surface area contributed by atoms with Crippen LogP contribution in [0, 0.1) is 12.8 Å².